The van der Waals surface area contributed by atoms with Crippen LogP contribution in [0.2, 0.25) is 0 Å². The Labute approximate surface area is 219 Å². The minimum atomic E-state index is -0.235. The van der Waals surface area contributed by atoms with Gasteiger partial charge in [0.15, 0.2) is 0 Å². The number of hydrogen-bond donors (Lipinski definition) is 0. The number of ether oxygens (including phenoxy) is 1. The van der Waals surface area contributed by atoms with E-state index < -0.39 is 0 Å². The Morgan fingerprint density at radius 1 is 1.03 bits per heavy atom. The number of unbranched alkanes of at least 4 members (excludes halogenated alkanes) is 3. The summed E-state index contributed by atoms with van der Waals surface area (Å²) in [7, 11) is 2.04. The molecule has 37 heavy (non-hydrogen) atoms. The first-order chi connectivity index (χ1) is 18.1. The van der Waals surface area contributed by atoms with E-state index in [4.69, 9.17) is 9.84 Å². The molecule has 3 aromatic rings. The van der Waals surface area contributed by atoms with E-state index in [1.807, 2.05) is 67.8 Å². The number of para-hydroxylation sites is 1. The molecule has 1 aliphatic rings. The standard InChI is InChI=1S/C30H35N5O2/c1-3-4-5-9-20-37-28-14-12-24(13-15-28)29-26(23-35(32-29)27-10-7-6-8-11-27)21-25(22-31)30(36)34-18-16-33(2)17-19-34/h6-8,10-15,21,23H,3-5,9,16-20H2,1-2H3/b25-21-. The molecule has 4 rings (SSSR count). The van der Waals surface area contributed by atoms with Gasteiger partial charge in [-0.1, -0.05) is 44.4 Å². The molecular formula is C30H35N5O2. The number of aromatic nitrogens is 2. The van der Waals surface area contributed by atoms with Crippen molar-refractivity contribution in [3.63, 3.8) is 0 Å². The van der Waals surface area contributed by atoms with E-state index in [9.17, 15) is 10.1 Å². The predicted octanol–water partition coefficient (Wildman–Crippen LogP) is 5.18. The van der Waals surface area contributed by atoms with E-state index in [0.717, 1.165) is 42.1 Å². The lowest BCUT2D eigenvalue weighted by atomic mass is 10.1. The molecule has 0 saturated carbocycles. The quantitative estimate of drug-likeness (QED) is 0.219. The third-order valence-electron chi connectivity index (χ3n) is 6.60. The van der Waals surface area contributed by atoms with Crippen molar-refractivity contribution in [1.82, 2.24) is 19.6 Å². The molecule has 0 radical (unpaired) electrons. The fourth-order valence-electron chi connectivity index (χ4n) is 4.34. The molecule has 1 aliphatic heterocycles. The summed E-state index contributed by atoms with van der Waals surface area (Å²) in [6, 6.07) is 19.8. The summed E-state index contributed by atoms with van der Waals surface area (Å²) < 4.78 is 7.69. The maximum absolute atomic E-state index is 13.1. The van der Waals surface area contributed by atoms with Crippen LogP contribution < -0.4 is 4.74 Å². The van der Waals surface area contributed by atoms with Gasteiger partial charge in [-0.2, -0.15) is 10.4 Å². The molecule has 1 aromatic heterocycles. The van der Waals surface area contributed by atoms with Crippen LogP contribution in [0.3, 0.4) is 0 Å². The number of nitriles is 1. The second-order valence-corrected chi connectivity index (χ2v) is 9.41. The van der Waals surface area contributed by atoms with Gasteiger partial charge in [-0.05, 0) is 55.9 Å². The lowest BCUT2D eigenvalue weighted by Gasteiger charge is -2.32. The van der Waals surface area contributed by atoms with Crippen LogP contribution in [0.1, 0.15) is 38.2 Å². The van der Waals surface area contributed by atoms with Gasteiger partial charge < -0.3 is 14.5 Å². The Bertz CT molecular complexity index is 1230. The second kappa shape index (κ2) is 12.9. The fraction of sp³-hybridized carbons (Fsp3) is 0.367. The molecule has 0 aliphatic carbocycles. The summed E-state index contributed by atoms with van der Waals surface area (Å²) in [6.07, 6.45) is 8.19. The highest BCUT2D eigenvalue weighted by Crippen LogP contribution is 2.28. The Morgan fingerprint density at radius 3 is 2.43 bits per heavy atom. The van der Waals surface area contributed by atoms with E-state index in [1.54, 1.807) is 15.7 Å². The number of hydrogen-bond acceptors (Lipinski definition) is 5. The first-order valence-corrected chi connectivity index (χ1v) is 13.1. The molecule has 1 saturated heterocycles. The van der Waals surface area contributed by atoms with E-state index >= 15 is 0 Å². The Balaban J connectivity index is 1.61. The Morgan fingerprint density at radius 2 is 1.76 bits per heavy atom. The van der Waals surface area contributed by atoms with Crippen molar-refractivity contribution in [1.29, 1.82) is 5.26 Å². The van der Waals surface area contributed by atoms with E-state index in [-0.39, 0.29) is 11.5 Å². The SMILES string of the molecule is CCCCCCOc1ccc(-c2nn(-c3ccccc3)cc2/C=C(/C#N)C(=O)N2CCN(C)CC2)cc1. The highest BCUT2D eigenvalue weighted by Gasteiger charge is 2.23. The number of likely N-dealkylation sites (N-methyl/N-ethyl adjacent to an activating group) is 1. The molecule has 1 amide bonds. The predicted molar refractivity (Wildman–Crippen MR) is 146 cm³/mol. The van der Waals surface area contributed by atoms with Crippen LogP contribution in [0.5, 0.6) is 5.75 Å². The van der Waals surface area contributed by atoms with Crippen molar-refractivity contribution in [3.05, 3.63) is 71.9 Å². The third-order valence-corrected chi connectivity index (χ3v) is 6.60. The highest BCUT2D eigenvalue weighted by atomic mass is 16.5. The Kier molecular flexibility index (Phi) is 9.12. The minimum Gasteiger partial charge on any atom is -0.494 e. The average Bonchev–Trinajstić information content (AvgIpc) is 3.36. The van der Waals surface area contributed by atoms with Crippen molar-refractivity contribution in [3.8, 4) is 28.8 Å². The van der Waals surface area contributed by atoms with Crippen molar-refractivity contribution in [2.45, 2.75) is 32.6 Å². The maximum Gasteiger partial charge on any atom is 0.264 e. The largest absolute Gasteiger partial charge is 0.494 e. The van der Waals surface area contributed by atoms with Gasteiger partial charge in [0, 0.05) is 43.5 Å². The number of carbonyl (C=O) groups is 1. The number of carbonyl (C=O) groups excluding carboxylic acids is 1. The normalized spacial score (nSPS) is 14.4. The second-order valence-electron chi connectivity index (χ2n) is 9.41. The third kappa shape index (κ3) is 6.87. The highest BCUT2D eigenvalue weighted by molar-refractivity contribution is 6.02. The number of amides is 1. The summed E-state index contributed by atoms with van der Waals surface area (Å²) in [6.45, 7) is 5.73. The number of rotatable bonds is 10. The zero-order valence-electron chi connectivity index (χ0n) is 21.8. The minimum absolute atomic E-state index is 0.116. The Hall–Kier alpha value is -3.89. The molecule has 192 valence electrons. The summed E-state index contributed by atoms with van der Waals surface area (Å²) >= 11 is 0. The van der Waals surface area contributed by atoms with Crippen LogP contribution >= 0.6 is 0 Å². The molecule has 0 spiro atoms. The van der Waals surface area contributed by atoms with Crippen LogP contribution in [-0.2, 0) is 4.79 Å². The first kappa shape index (κ1) is 26.2. The molecule has 0 unspecified atom stereocenters. The topological polar surface area (TPSA) is 74.4 Å². The van der Waals surface area contributed by atoms with Crippen LogP contribution in [0.25, 0.3) is 23.0 Å². The van der Waals surface area contributed by atoms with Gasteiger partial charge in [0.25, 0.3) is 5.91 Å². The zero-order chi connectivity index (χ0) is 26.0. The van der Waals surface area contributed by atoms with Gasteiger partial charge in [0.05, 0.1) is 18.0 Å². The van der Waals surface area contributed by atoms with Crippen LogP contribution in [0, 0.1) is 11.3 Å². The zero-order valence-corrected chi connectivity index (χ0v) is 21.8. The monoisotopic (exact) mass is 497 g/mol. The molecule has 0 atom stereocenters. The molecular weight excluding hydrogens is 462 g/mol. The van der Waals surface area contributed by atoms with Gasteiger partial charge in [0.1, 0.15) is 17.4 Å². The molecule has 0 bridgehead atoms. The van der Waals surface area contributed by atoms with Crippen LogP contribution in [0.4, 0.5) is 0 Å². The smallest absolute Gasteiger partial charge is 0.264 e. The summed E-state index contributed by atoms with van der Waals surface area (Å²) in [4.78, 5) is 17.1. The molecule has 2 aromatic carbocycles. The van der Waals surface area contributed by atoms with Gasteiger partial charge in [-0.25, -0.2) is 4.68 Å². The van der Waals surface area contributed by atoms with Gasteiger partial charge in [-0.3, -0.25) is 4.79 Å². The van der Waals surface area contributed by atoms with Gasteiger partial charge in [0.2, 0.25) is 0 Å². The lowest BCUT2D eigenvalue weighted by Crippen LogP contribution is -2.47. The van der Waals surface area contributed by atoms with Gasteiger partial charge >= 0.3 is 0 Å². The molecule has 7 nitrogen and oxygen atoms in total. The van der Waals surface area contributed by atoms with Crippen molar-refractivity contribution >= 4 is 12.0 Å². The maximum atomic E-state index is 13.1. The van der Waals surface area contributed by atoms with E-state index in [2.05, 4.69) is 17.9 Å². The summed E-state index contributed by atoms with van der Waals surface area (Å²) in [5.74, 6) is 0.587. The molecule has 0 N–H and O–H groups in total. The summed E-state index contributed by atoms with van der Waals surface area (Å²) in [5, 5.41) is 14.7. The summed E-state index contributed by atoms with van der Waals surface area (Å²) in [5.41, 5.74) is 3.33. The fourth-order valence-corrected chi connectivity index (χ4v) is 4.34. The van der Waals surface area contributed by atoms with E-state index in [1.165, 1.54) is 19.3 Å². The van der Waals surface area contributed by atoms with Crippen LogP contribution in [0.15, 0.2) is 66.4 Å². The molecule has 1 fully saturated rings. The van der Waals surface area contributed by atoms with Crippen molar-refractivity contribution in [2.75, 3.05) is 39.8 Å². The van der Waals surface area contributed by atoms with Crippen molar-refractivity contribution < 1.29 is 9.53 Å². The van der Waals surface area contributed by atoms with Gasteiger partial charge in [-0.15, -0.1) is 0 Å². The van der Waals surface area contributed by atoms with Crippen molar-refractivity contribution in [2.24, 2.45) is 0 Å². The lowest BCUT2D eigenvalue weighted by molar-refractivity contribution is -0.128. The number of benzene rings is 2. The number of nitrogens with zero attached hydrogens (tertiary/aromatic N) is 5. The first-order valence-electron chi connectivity index (χ1n) is 13.1. The molecule has 2 heterocycles. The number of piperazine rings is 1. The average molecular weight is 498 g/mol. The van der Waals surface area contributed by atoms with E-state index in [0.29, 0.717) is 25.4 Å². The van der Waals surface area contributed by atoms with Crippen LogP contribution in [-0.4, -0.2) is 65.3 Å². The molecule has 7 heteroatoms.